The van der Waals surface area contributed by atoms with Crippen molar-refractivity contribution in [2.24, 2.45) is 47.3 Å². The Labute approximate surface area is 337 Å². The standard InChI is InChI=1S/C23H18.C21H21.C5H5.2ClH.Zr/c1-3-16-22-18(8-1)10-5-12-20(22)14-7-15-21-13-6-11-19-9-2-4-17-23(19)21;1-2-8-15-14(7-1)13-20-18-11-4-3-9-16(18)17-10-5-6-12-19(17)21(15)20;1-2-4-5-3-1;;;/h1-6,8-13,16-17H,14-15H2;1-21H;1-3H,4H2;2*1H;/q;2*-1;;;+2/p-2. The minimum absolute atomic E-state index is 0. The summed E-state index contributed by atoms with van der Waals surface area (Å²) in [5.41, 5.74) is 2.89. The van der Waals surface area contributed by atoms with Crippen LogP contribution in [0.3, 0.4) is 0 Å². The summed E-state index contributed by atoms with van der Waals surface area (Å²) in [6.45, 7) is 0. The Morgan fingerprint density at radius 3 is 1.62 bits per heavy atom. The van der Waals surface area contributed by atoms with Crippen molar-refractivity contribution >= 4 is 24.8 Å². The zero-order chi connectivity index (χ0) is 33.7. The van der Waals surface area contributed by atoms with Gasteiger partial charge in [-0.15, -0.1) is 18.4 Å². The van der Waals surface area contributed by atoms with E-state index in [2.05, 4.69) is 176 Å². The van der Waals surface area contributed by atoms with Gasteiger partial charge in [-0.2, -0.15) is 12.0 Å². The number of halogens is 2. The Hall–Kier alpha value is -3.35. The number of rotatable bonds is 4. The van der Waals surface area contributed by atoms with Crippen molar-refractivity contribution < 1.29 is 49.0 Å². The number of benzene rings is 4. The molecule has 6 aliphatic carbocycles. The molecule has 0 heterocycles. The third-order valence-corrected chi connectivity index (χ3v) is 12.4. The van der Waals surface area contributed by atoms with Gasteiger partial charge in [0.15, 0.2) is 0 Å². The molecule has 2 fully saturated rings. The number of hydrogen-bond acceptors (Lipinski definition) is 0. The van der Waals surface area contributed by atoms with Crippen LogP contribution in [0.25, 0.3) is 21.5 Å². The van der Waals surface area contributed by atoms with E-state index in [4.69, 9.17) is 0 Å². The Bertz CT molecular complexity index is 2000. The molecule has 0 aromatic heterocycles. The monoisotopic (exact) mass is 792 g/mol. The Morgan fingerprint density at radius 1 is 0.558 bits per heavy atom. The molecule has 6 aliphatic rings. The summed E-state index contributed by atoms with van der Waals surface area (Å²) in [4.78, 5) is 0. The first kappa shape index (κ1) is 38.4. The van der Waals surface area contributed by atoms with Gasteiger partial charge in [0, 0.05) is 0 Å². The molecular formula is C49H44Cl2Zr-2. The first-order chi connectivity index (χ1) is 24.7. The first-order valence-corrected chi connectivity index (χ1v) is 19.6. The van der Waals surface area contributed by atoms with E-state index in [1.807, 2.05) is 12.2 Å². The number of allylic oxidation sites excluding steroid dienone is 16. The molecule has 0 N–H and O–H groups in total. The van der Waals surface area contributed by atoms with Crippen LogP contribution in [-0.4, -0.2) is 3.21 Å². The third kappa shape index (κ3) is 8.24. The topological polar surface area (TPSA) is 0 Å². The molecule has 0 aliphatic heterocycles. The van der Waals surface area contributed by atoms with Gasteiger partial charge < -0.3 is 31.2 Å². The van der Waals surface area contributed by atoms with E-state index in [0.717, 1.165) is 31.1 Å². The SMILES string of the molecule is C1=CC2[CH-]C3C4C=CC=CC4C4C=CC=CC4C3C2C=C1.[C-]1=CC=CC1.[Cl-].[Cl-].[Zr+2]=[C](Cc1cccc2ccccc12)Cc1cccc2ccccc12. The summed E-state index contributed by atoms with van der Waals surface area (Å²) < 4.78 is 1.59. The quantitative estimate of drug-likeness (QED) is 0.245. The van der Waals surface area contributed by atoms with Crippen molar-refractivity contribution in [3.8, 4) is 0 Å². The van der Waals surface area contributed by atoms with Crippen LogP contribution in [0.2, 0.25) is 0 Å². The molecule has 4 aromatic rings. The third-order valence-electron chi connectivity index (χ3n) is 11.5. The molecule has 3 heteroatoms. The summed E-state index contributed by atoms with van der Waals surface area (Å²) in [6.07, 6.45) is 43.2. The zero-order valence-electron chi connectivity index (χ0n) is 29.3. The van der Waals surface area contributed by atoms with Gasteiger partial charge in [0.2, 0.25) is 0 Å². The van der Waals surface area contributed by atoms with E-state index >= 15 is 0 Å². The van der Waals surface area contributed by atoms with Crippen LogP contribution in [-0.2, 0) is 37.1 Å². The molecule has 0 radical (unpaired) electrons. The second kappa shape index (κ2) is 18.1. The van der Waals surface area contributed by atoms with Crippen molar-refractivity contribution in [3.63, 3.8) is 0 Å². The molecule has 0 amide bonds. The predicted octanol–water partition coefficient (Wildman–Crippen LogP) is 5.34. The summed E-state index contributed by atoms with van der Waals surface area (Å²) in [5, 5.41) is 5.45. The van der Waals surface area contributed by atoms with E-state index in [9.17, 15) is 0 Å². The number of hydrogen-bond donors (Lipinski definition) is 0. The molecule has 0 nitrogen and oxygen atoms in total. The molecule has 260 valence electrons. The van der Waals surface area contributed by atoms with Crippen LogP contribution in [0.1, 0.15) is 17.5 Å². The van der Waals surface area contributed by atoms with E-state index in [-0.39, 0.29) is 24.8 Å². The van der Waals surface area contributed by atoms with Crippen molar-refractivity contribution in [1.82, 2.24) is 0 Å². The van der Waals surface area contributed by atoms with Crippen molar-refractivity contribution in [3.05, 3.63) is 200 Å². The van der Waals surface area contributed by atoms with Gasteiger partial charge in [-0.25, -0.2) is 12.2 Å². The second-order valence-corrected chi connectivity index (χ2v) is 16.1. The average Bonchev–Trinajstić information content (AvgIpc) is 3.89. The molecule has 8 atom stereocenters. The Balaban J connectivity index is 0.000000153. The van der Waals surface area contributed by atoms with E-state index in [1.54, 1.807) is 3.21 Å². The zero-order valence-corrected chi connectivity index (χ0v) is 33.3. The Kier molecular flexibility index (Phi) is 13.4. The predicted molar refractivity (Wildman–Crippen MR) is 209 cm³/mol. The van der Waals surface area contributed by atoms with Crippen LogP contribution in [0.5, 0.6) is 0 Å². The molecule has 10 rings (SSSR count). The van der Waals surface area contributed by atoms with Crippen LogP contribution >= 0.6 is 0 Å². The fourth-order valence-corrected chi connectivity index (χ4v) is 10.3. The molecule has 0 bridgehead atoms. The summed E-state index contributed by atoms with van der Waals surface area (Å²) >= 11 is 1.53. The van der Waals surface area contributed by atoms with Crippen molar-refractivity contribution in [2.75, 3.05) is 0 Å². The van der Waals surface area contributed by atoms with E-state index < -0.39 is 0 Å². The first-order valence-electron chi connectivity index (χ1n) is 18.4. The fraction of sp³-hybridized carbons (Fsp3) is 0.224. The van der Waals surface area contributed by atoms with E-state index in [0.29, 0.717) is 35.5 Å². The summed E-state index contributed by atoms with van der Waals surface area (Å²) in [5.74, 6) is 5.66. The summed E-state index contributed by atoms with van der Waals surface area (Å²) in [6, 6.07) is 30.7. The second-order valence-electron chi connectivity index (χ2n) is 14.4. The van der Waals surface area contributed by atoms with Gasteiger partial charge in [-0.1, -0.05) is 72.8 Å². The van der Waals surface area contributed by atoms with Gasteiger partial charge in [-0.05, 0) is 29.6 Å². The van der Waals surface area contributed by atoms with Gasteiger partial charge >= 0.3 is 158 Å². The van der Waals surface area contributed by atoms with Crippen molar-refractivity contribution in [1.29, 1.82) is 0 Å². The molecular weight excluding hydrogens is 751 g/mol. The normalized spacial score (nSPS) is 27.6. The number of fused-ring (bicyclic) bond motifs is 10. The molecule has 8 unspecified atom stereocenters. The van der Waals surface area contributed by atoms with Gasteiger partial charge in [-0.3, -0.25) is 6.08 Å². The molecule has 52 heavy (non-hydrogen) atoms. The molecule has 0 saturated heterocycles. The van der Waals surface area contributed by atoms with Crippen LogP contribution in [0.4, 0.5) is 0 Å². The maximum atomic E-state index is 2.99. The fourth-order valence-electron chi connectivity index (χ4n) is 9.34. The van der Waals surface area contributed by atoms with Gasteiger partial charge in [0.1, 0.15) is 0 Å². The molecule has 0 spiro atoms. The van der Waals surface area contributed by atoms with Crippen LogP contribution in [0, 0.1) is 59.8 Å². The van der Waals surface area contributed by atoms with E-state index in [1.165, 1.54) is 56.9 Å². The minimum atomic E-state index is 0. The van der Waals surface area contributed by atoms with Crippen molar-refractivity contribution in [2.45, 2.75) is 19.3 Å². The van der Waals surface area contributed by atoms with Crippen LogP contribution < -0.4 is 24.8 Å². The maximum absolute atomic E-state index is 2.99. The van der Waals surface area contributed by atoms with Crippen LogP contribution in [0.15, 0.2) is 176 Å². The average molecular weight is 795 g/mol. The van der Waals surface area contributed by atoms with Gasteiger partial charge in [0.25, 0.3) is 0 Å². The molecule has 2 saturated carbocycles. The Morgan fingerprint density at radius 2 is 1.06 bits per heavy atom. The van der Waals surface area contributed by atoms with Gasteiger partial charge in [0.05, 0.1) is 0 Å². The molecule has 4 aromatic carbocycles. The summed E-state index contributed by atoms with van der Waals surface area (Å²) in [7, 11) is 0.